The summed E-state index contributed by atoms with van der Waals surface area (Å²) in [6.07, 6.45) is 3.69. The lowest BCUT2D eigenvalue weighted by atomic mass is 9.67. The molecule has 2 aromatic rings. The number of nitrogens with zero attached hydrogens (tertiary/aromatic N) is 1. The highest BCUT2D eigenvalue weighted by Gasteiger charge is 2.50. The van der Waals surface area contributed by atoms with Crippen LogP contribution in [0.1, 0.15) is 43.9 Å². The summed E-state index contributed by atoms with van der Waals surface area (Å²) in [6, 6.07) is 6.73. The van der Waals surface area contributed by atoms with Crippen molar-refractivity contribution in [3.05, 3.63) is 29.5 Å². The molecule has 1 aromatic carbocycles. The van der Waals surface area contributed by atoms with Crippen molar-refractivity contribution in [2.45, 2.75) is 51.1 Å². The molecule has 3 fully saturated rings. The van der Waals surface area contributed by atoms with Gasteiger partial charge in [0, 0.05) is 35.5 Å². The molecule has 0 spiro atoms. The number of piperidine rings is 2. The molecular formula is C19H23NO2. The van der Waals surface area contributed by atoms with E-state index in [0.29, 0.717) is 23.8 Å². The molecule has 6 rings (SSSR count). The van der Waals surface area contributed by atoms with Crippen molar-refractivity contribution in [1.29, 1.82) is 0 Å². The van der Waals surface area contributed by atoms with Gasteiger partial charge in [-0.2, -0.15) is 0 Å². The maximum atomic E-state index is 9.87. The van der Waals surface area contributed by atoms with Crippen molar-refractivity contribution in [2.24, 2.45) is 11.8 Å². The van der Waals surface area contributed by atoms with Crippen LogP contribution < -0.4 is 0 Å². The molecule has 3 heteroatoms. The number of benzene rings is 1. The van der Waals surface area contributed by atoms with E-state index in [-0.39, 0.29) is 0 Å². The summed E-state index contributed by atoms with van der Waals surface area (Å²) in [4.78, 5) is 2.75. The molecule has 0 amide bonds. The second kappa shape index (κ2) is 4.29. The van der Waals surface area contributed by atoms with E-state index < -0.39 is 0 Å². The number of aromatic hydroxyl groups is 1. The molecule has 4 aliphatic rings. The molecule has 3 aliphatic heterocycles. The summed E-state index contributed by atoms with van der Waals surface area (Å²) in [5.41, 5.74) is 2.29. The van der Waals surface area contributed by atoms with Gasteiger partial charge in [-0.3, -0.25) is 4.90 Å². The Balaban J connectivity index is 1.74. The topological polar surface area (TPSA) is 36.6 Å². The first kappa shape index (κ1) is 13.0. The highest BCUT2D eigenvalue weighted by molar-refractivity contribution is 5.84. The molecule has 116 valence electrons. The van der Waals surface area contributed by atoms with Gasteiger partial charge in [-0.05, 0) is 56.2 Å². The molecule has 3 nitrogen and oxygen atoms in total. The third kappa shape index (κ3) is 1.60. The Hall–Kier alpha value is -1.48. The van der Waals surface area contributed by atoms with Gasteiger partial charge in [0.2, 0.25) is 0 Å². The molecule has 6 atom stereocenters. The highest BCUT2D eigenvalue weighted by Crippen LogP contribution is 2.52. The Kier molecular flexibility index (Phi) is 2.53. The maximum absolute atomic E-state index is 9.87. The number of phenolic OH excluding ortho intramolecular Hbond substituents is 1. The number of hydrogen-bond donors (Lipinski definition) is 1. The van der Waals surface area contributed by atoms with Crippen LogP contribution in [0.4, 0.5) is 0 Å². The summed E-state index contributed by atoms with van der Waals surface area (Å²) in [5.74, 6) is 3.67. The molecule has 1 N–H and O–H groups in total. The maximum Gasteiger partial charge on any atom is 0.134 e. The molecule has 1 aromatic heterocycles. The fraction of sp³-hybridized carbons (Fsp3) is 0.579. The van der Waals surface area contributed by atoms with Gasteiger partial charge in [-0.1, -0.05) is 6.92 Å². The minimum Gasteiger partial charge on any atom is -0.508 e. The minimum atomic E-state index is 0.339. The van der Waals surface area contributed by atoms with Crippen molar-refractivity contribution in [2.75, 3.05) is 6.54 Å². The third-order valence-corrected chi connectivity index (χ3v) is 6.35. The van der Waals surface area contributed by atoms with Crippen LogP contribution in [0.2, 0.25) is 0 Å². The van der Waals surface area contributed by atoms with Crippen LogP contribution in [0.25, 0.3) is 11.0 Å². The van der Waals surface area contributed by atoms with E-state index in [1.807, 2.05) is 12.1 Å². The summed E-state index contributed by atoms with van der Waals surface area (Å²) in [5, 5.41) is 11.0. The van der Waals surface area contributed by atoms with Crippen molar-refractivity contribution in [3.63, 3.8) is 0 Å². The van der Waals surface area contributed by atoms with Gasteiger partial charge >= 0.3 is 0 Å². The predicted octanol–water partition coefficient (Wildman–Crippen LogP) is 3.90. The molecule has 1 saturated carbocycles. The Labute approximate surface area is 130 Å². The normalized spacial score (nSPS) is 39.7. The molecule has 1 aliphatic carbocycles. The van der Waals surface area contributed by atoms with Crippen LogP contribution in [0.15, 0.2) is 22.6 Å². The highest BCUT2D eigenvalue weighted by atomic mass is 16.3. The predicted molar refractivity (Wildman–Crippen MR) is 86.2 cm³/mol. The van der Waals surface area contributed by atoms with Gasteiger partial charge in [0.05, 0.1) is 0 Å². The summed E-state index contributed by atoms with van der Waals surface area (Å²) in [6.45, 7) is 6.05. The Morgan fingerprint density at radius 2 is 2.09 bits per heavy atom. The first-order chi connectivity index (χ1) is 10.6. The van der Waals surface area contributed by atoms with Crippen molar-refractivity contribution in [3.8, 4) is 5.75 Å². The van der Waals surface area contributed by atoms with E-state index in [1.165, 1.54) is 30.7 Å². The van der Waals surface area contributed by atoms with Crippen LogP contribution in [0, 0.1) is 11.8 Å². The van der Waals surface area contributed by atoms with Crippen LogP contribution in [-0.4, -0.2) is 28.6 Å². The minimum absolute atomic E-state index is 0.339. The third-order valence-electron chi connectivity index (χ3n) is 6.35. The molecule has 6 unspecified atom stereocenters. The monoisotopic (exact) mass is 297 g/mol. The largest absolute Gasteiger partial charge is 0.508 e. The van der Waals surface area contributed by atoms with Crippen LogP contribution >= 0.6 is 0 Å². The van der Waals surface area contributed by atoms with Crippen molar-refractivity contribution < 1.29 is 9.52 Å². The molecule has 22 heavy (non-hydrogen) atoms. The lowest BCUT2D eigenvalue weighted by Crippen LogP contribution is -2.58. The van der Waals surface area contributed by atoms with E-state index in [2.05, 4.69) is 18.7 Å². The van der Waals surface area contributed by atoms with Gasteiger partial charge in [-0.25, -0.2) is 0 Å². The standard InChI is InChI=1S/C19H23NO2/c1-10-5-12-7-16-18(10)20(9-12)11(2)6-15-14-8-13(21)3-4-17(14)22-19(15)16/h3-4,8,10-12,16,18,21H,5-7,9H2,1-2H3. The van der Waals surface area contributed by atoms with E-state index in [0.717, 1.165) is 29.2 Å². The smallest absolute Gasteiger partial charge is 0.134 e. The average Bonchev–Trinajstić information content (AvgIpc) is 2.81. The second-order valence-corrected chi connectivity index (χ2v) is 7.79. The van der Waals surface area contributed by atoms with Crippen LogP contribution in [0.3, 0.4) is 0 Å². The Morgan fingerprint density at radius 3 is 2.91 bits per heavy atom. The molecular weight excluding hydrogens is 274 g/mol. The van der Waals surface area contributed by atoms with Crippen LogP contribution in [0.5, 0.6) is 5.75 Å². The fourth-order valence-corrected chi connectivity index (χ4v) is 5.60. The molecule has 0 radical (unpaired) electrons. The SMILES string of the molecule is CC1CC2CC3c4oc5ccc(O)cc5c4CC(C)N(C2)C13. The summed E-state index contributed by atoms with van der Waals surface area (Å²) >= 11 is 0. The average molecular weight is 297 g/mol. The summed E-state index contributed by atoms with van der Waals surface area (Å²) in [7, 11) is 0. The zero-order chi connectivity index (χ0) is 15.0. The van der Waals surface area contributed by atoms with Gasteiger partial charge in [0.25, 0.3) is 0 Å². The van der Waals surface area contributed by atoms with Crippen molar-refractivity contribution in [1.82, 2.24) is 4.90 Å². The Bertz CT molecular complexity index is 749. The molecule has 2 saturated heterocycles. The number of rotatable bonds is 0. The first-order valence-electron chi connectivity index (χ1n) is 8.62. The zero-order valence-electron chi connectivity index (χ0n) is 13.2. The number of phenols is 1. The number of hydrogen-bond acceptors (Lipinski definition) is 3. The Morgan fingerprint density at radius 1 is 1.23 bits per heavy atom. The summed E-state index contributed by atoms with van der Waals surface area (Å²) < 4.78 is 6.32. The van der Waals surface area contributed by atoms with Gasteiger partial charge < -0.3 is 9.52 Å². The molecule has 4 bridgehead atoms. The van der Waals surface area contributed by atoms with E-state index >= 15 is 0 Å². The number of furan rings is 1. The first-order valence-corrected chi connectivity index (χ1v) is 8.62. The van der Waals surface area contributed by atoms with Gasteiger partial charge in [0.15, 0.2) is 0 Å². The lowest BCUT2D eigenvalue weighted by molar-refractivity contribution is -0.0313. The molecule has 4 heterocycles. The van der Waals surface area contributed by atoms with E-state index in [9.17, 15) is 5.11 Å². The van der Waals surface area contributed by atoms with Crippen LogP contribution in [-0.2, 0) is 6.42 Å². The van der Waals surface area contributed by atoms with Gasteiger partial charge in [-0.15, -0.1) is 0 Å². The fourth-order valence-electron chi connectivity index (χ4n) is 5.60. The van der Waals surface area contributed by atoms with E-state index in [4.69, 9.17) is 4.42 Å². The zero-order valence-corrected chi connectivity index (χ0v) is 13.2. The van der Waals surface area contributed by atoms with Gasteiger partial charge in [0.1, 0.15) is 17.1 Å². The number of fused-ring (bicyclic) bond motifs is 4. The lowest BCUT2D eigenvalue weighted by Gasteiger charge is -2.53. The second-order valence-electron chi connectivity index (χ2n) is 7.79. The quantitative estimate of drug-likeness (QED) is 0.801. The van der Waals surface area contributed by atoms with Crippen molar-refractivity contribution >= 4 is 11.0 Å². The van der Waals surface area contributed by atoms with E-state index in [1.54, 1.807) is 6.07 Å².